The summed E-state index contributed by atoms with van der Waals surface area (Å²) < 4.78 is 0. The fourth-order valence-corrected chi connectivity index (χ4v) is 3.32. The number of hydrogen-bond acceptors (Lipinski definition) is 1. The van der Waals surface area contributed by atoms with Gasteiger partial charge in [0.25, 0.3) is 0 Å². The summed E-state index contributed by atoms with van der Waals surface area (Å²) >= 11 is 0. The van der Waals surface area contributed by atoms with Crippen molar-refractivity contribution in [3.05, 3.63) is 34.9 Å². The van der Waals surface area contributed by atoms with Gasteiger partial charge in [0.2, 0.25) is 0 Å². The molecule has 0 aromatic heterocycles. The Hall–Kier alpha value is -1.11. The van der Waals surface area contributed by atoms with Crippen LogP contribution in [0.5, 0.6) is 0 Å². The highest BCUT2D eigenvalue weighted by atomic mass is 16.1. The van der Waals surface area contributed by atoms with Crippen LogP contribution < -0.4 is 0 Å². The Morgan fingerprint density at radius 1 is 0.800 bits per heavy atom. The summed E-state index contributed by atoms with van der Waals surface area (Å²) in [5, 5.41) is 0. The van der Waals surface area contributed by atoms with Crippen molar-refractivity contribution in [2.45, 2.75) is 112 Å². The monoisotopic (exact) mass is 348 g/mol. The molecule has 1 nitrogen and oxygen atoms in total. The molecule has 25 heavy (non-hydrogen) atoms. The summed E-state index contributed by atoms with van der Waals surface area (Å²) in [7, 11) is 0. The lowest BCUT2D eigenvalue weighted by Crippen LogP contribution is -1.95. The second-order valence-corrected chi connectivity index (χ2v) is 6.81. The molecule has 0 saturated carbocycles. The first-order chi connectivity index (χ1) is 12.1. The van der Waals surface area contributed by atoms with E-state index in [1.165, 1.54) is 87.3 Å². The van der Waals surface area contributed by atoms with E-state index >= 15 is 0 Å². The van der Waals surface area contributed by atoms with Crippen molar-refractivity contribution in [2.24, 2.45) is 0 Å². The zero-order chi connectivity index (χ0) is 19.5. The van der Waals surface area contributed by atoms with Gasteiger partial charge in [-0.3, -0.25) is 0 Å². The van der Waals surface area contributed by atoms with Crippen molar-refractivity contribution in [1.29, 1.82) is 0 Å². The fraction of sp³-hybridized carbons (Fsp3) is 0.708. The topological polar surface area (TPSA) is 17.1 Å². The van der Waals surface area contributed by atoms with Crippen LogP contribution in [0, 0.1) is 0 Å². The second kappa shape index (κ2) is 19.2. The Labute approximate surface area is 158 Å². The lowest BCUT2D eigenvalue weighted by Gasteiger charge is -2.15. The van der Waals surface area contributed by atoms with Crippen molar-refractivity contribution in [3.8, 4) is 0 Å². The van der Waals surface area contributed by atoms with E-state index in [0.717, 1.165) is 6.42 Å². The van der Waals surface area contributed by atoms with Crippen LogP contribution in [0.4, 0.5) is 0 Å². The molecule has 0 saturated heterocycles. The Bertz CT molecular complexity index is 387. The quantitative estimate of drug-likeness (QED) is 0.227. The Kier molecular flexibility index (Phi) is 20.1. The van der Waals surface area contributed by atoms with Crippen molar-refractivity contribution in [2.75, 3.05) is 0 Å². The minimum Gasteiger partial charge on any atom is -0.307 e. The van der Waals surface area contributed by atoms with Gasteiger partial charge in [-0.25, -0.2) is 0 Å². The maximum Gasteiger partial charge on any atom is 0.106 e. The first kappa shape index (κ1) is 26.1. The predicted molar refractivity (Wildman–Crippen MR) is 115 cm³/mol. The molecule has 0 rings (SSSR count). The lowest BCUT2D eigenvalue weighted by molar-refractivity contribution is -0.0979. The largest absolute Gasteiger partial charge is 0.307 e. The third kappa shape index (κ3) is 12.8. The van der Waals surface area contributed by atoms with Gasteiger partial charge in [-0.15, -0.1) is 0 Å². The maximum absolute atomic E-state index is 8.00. The van der Waals surface area contributed by atoms with Gasteiger partial charge in [-0.2, -0.15) is 0 Å². The highest BCUT2D eigenvalue weighted by Gasteiger charge is 2.07. The molecule has 146 valence electrons. The van der Waals surface area contributed by atoms with Gasteiger partial charge in [0.1, 0.15) is 6.79 Å². The van der Waals surface area contributed by atoms with Gasteiger partial charge in [0.15, 0.2) is 0 Å². The number of unbranched alkanes of at least 4 members (excludes halogenated alkanes) is 8. The predicted octanol–water partition coefficient (Wildman–Crippen LogP) is 8.36. The molecule has 0 aliphatic rings. The molecule has 0 fully saturated rings. The lowest BCUT2D eigenvalue weighted by atomic mass is 9.91. The van der Waals surface area contributed by atoms with Gasteiger partial charge in [0, 0.05) is 0 Å². The summed E-state index contributed by atoms with van der Waals surface area (Å²) in [6.07, 6.45) is 18.4. The molecule has 0 bridgehead atoms. The highest BCUT2D eigenvalue weighted by Crippen LogP contribution is 2.27. The van der Waals surface area contributed by atoms with E-state index in [9.17, 15) is 0 Å². The molecule has 0 aromatic rings. The van der Waals surface area contributed by atoms with Gasteiger partial charge in [-0.05, 0) is 56.3 Å². The van der Waals surface area contributed by atoms with Crippen LogP contribution >= 0.6 is 0 Å². The normalized spacial score (nSPS) is 12.3. The zero-order valence-corrected chi connectivity index (χ0v) is 17.9. The summed E-state index contributed by atoms with van der Waals surface area (Å²) in [5.74, 6) is 0. The standard InChI is InChI=1S/C23H42.CH2O/c1-7-11-12-13-14-15-16-17-18-19-23(10-4)21(6)20(5)22(8-2)9-3;1-2/h8H,5,7,9-19H2,1-4,6H3;1H2/b22-8-,23-21+;. The molecular weight excluding hydrogens is 304 g/mol. The Morgan fingerprint density at radius 3 is 1.68 bits per heavy atom. The minimum absolute atomic E-state index is 1.09. The summed E-state index contributed by atoms with van der Waals surface area (Å²) in [4.78, 5) is 8.00. The second-order valence-electron chi connectivity index (χ2n) is 6.81. The van der Waals surface area contributed by atoms with Crippen molar-refractivity contribution < 1.29 is 4.79 Å². The van der Waals surface area contributed by atoms with Gasteiger partial charge < -0.3 is 4.79 Å². The molecule has 0 amide bonds. The molecule has 0 unspecified atom stereocenters. The van der Waals surface area contributed by atoms with E-state index in [4.69, 9.17) is 4.79 Å². The van der Waals surface area contributed by atoms with E-state index in [1.54, 1.807) is 5.57 Å². The van der Waals surface area contributed by atoms with E-state index in [0.29, 0.717) is 0 Å². The first-order valence-corrected chi connectivity index (χ1v) is 10.4. The van der Waals surface area contributed by atoms with E-state index in [-0.39, 0.29) is 0 Å². The number of carbonyl (C=O) groups is 1. The van der Waals surface area contributed by atoms with Gasteiger partial charge >= 0.3 is 0 Å². The van der Waals surface area contributed by atoms with Gasteiger partial charge in [-0.1, -0.05) is 90.4 Å². The van der Waals surface area contributed by atoms with Gasteiger partial charge in [0.05, 0.1) is 0 Å². The first-order valence-electron chi connectivity index (χ1n) is 10.4. The van der Waals surface area contributed by atoms with Crippen LogP contribution in [0.2, 0.25) is 0 Å². The van der Waals surface area contributed by atoms with Crippen LogP contribution in [0.3, 0.4) is 0 Å². The van der Waals surface area contributed by atoms with Crippen LogP contribution in [0.15, 0.2) is 34.9 Å². The number of allylic oxidation sites excluding steroid dienone is 5. The molecular formula is C24H44O. The fourth-order valence-electron chi connectivity index (χ4n) is 3.32. The Balaban J connectivity index is 0. The number of carbonyl (C=O) groups excluding carboxylic acids is 1. The van der Waals surface area contributed by atoms with Crippen LogP contribution in [0.25, 0.3) is 0 Å². The molecule has 0 N–H and O–H groups in total. The average molecular weight is 349 g/mol. The van der Waals surface area contributed by atoms with Crippen molar-refractivity contribution in [3.63, 3.8) is 0 Å². The van der Waals surface area contributed by atoms with E-state index in [2.05, 4.69) is 47.3 Å². The SMILES string of the molecule is C=C(/C(=C\C)CC)/C(C)=C(\CC)CCCCCCCCCCC.C=O. The molecule has 0 aromatic carbocycles. The number of hydrogen-bond donors (Lipinski definition) is 0. The summed E-state index contributed by atoms with van der Waals surface area (Å²) in [6, 6.07) is 0. The van der Waals surface area contributed by atoms with Crippen LogP contribution in [0.1, 0.15) is 112 Å². The maximum atomic E-state index is 8.00. The summed E-state index contributed by atoms with van der Waals surface area (Å²) in [5.41, 5.74) is 5.73. The molecule has 0 aliphatic heterocycles. The van der Waals surface area contributed by atoms with E-state index < -0.39 is 0 Å². The minimum atomic E-state index is 1.09. The van der Waals surface area contributed by atoms with Crippen molar-refractivity contribution in [1.82, 2.24) is 0 Å². The third-order valence-electron chi connectivity index (χ3n) is 5.11. The third-order valence-corrected chi connectivity index (χ3v) is 5.11. The van der Waals surface area contributed by atoms with Crippen molar-refractivity contribution >= 4 is 6.79 Å². The Morgan fingerprint density at radius 2 is 1.28 bits per heavy atom. The average Bonchev–Trinajstić information content (AvgIpc) is 2.65. The summed E-state index contributed by atoms with van der Waals surface area (Å²) in [6.45, 7) is 17.5. The molecule has 1 heteroatoms. The zero-order valence-electron chi connectivity index (χ0n) is 17.9. The van der Waals surface area contributed by atoms with Crippen LogP contribution in [-0.2, 0) is 4.79 Å². The molecule has 0 radical (unpaired) electrons. The molecule has 0 spiro atoms. The smallest absolute Gasteiger partial charge is 0.106 e. The van der Waals surface area contributed by atoms with E-state index in [1.807, 2.05) is 6.79 Å². The van der Waals surface area contributed by atoms with Crippen LogP contribution in [-0.4, -0.2) is 6.79 Å². The number of rotatable bonds is 14. The molecule has 0 atom stereocenters. The highest BCUT2D eigenvalue weighted by molar-refractivity contribution is 5.45. The molecule has 0 heterocycles. The molecule has 0 aliphatic carbocycles.